The molecule has 0 spiro atoms. The number of anilines is 1. The van der Waals surface area contributed by atoms with Crippen LogP contribution in [0.25, 0.3) is 0 Å². The van der Waals surface area contributed by atoms with Crippen LogP contribution in [0.5, 0.6) is 11.5 Å². The number of phenols is 1. The Labute approximate surface area is 177 Å². The summed E-state index contributed by atoms with van der Waals surface area (Å²) in [5.74, 6) is -0.836. The maximum atomic E-state index is 13.6. The summed E-state index contributed by atoms with van der Waals surface area (Å²) in [4.78, 5) is 26.2. The van der Waals surface area contributed by atoms with E-state index >= 15 is 0 Å². The Balaban J connectivity index is 1.96. The summed E-state index contributed by atoms with van der Waals surface area (Å²) in [6.07, 6.45) is 0. The molecule has 4 rings (SSSR count). The van der Waals surface area contributed by atoms with Crippen molar-refractivity contribution in [1.82, 2.24) is 20.2 Å². The third kappa shape index (κ3) is 3.48. The lowest BCUT2D eigenvalue weighted by molar-refractivity contribution is -0.136. The Hall–Kier alpha value is -4.21. The van der Waals surface area contributed by atoms with Gasteiger partial charge in [-0.2, -0.15) is 4.68 Å². The molecule has 0 aliphatic carbocycles. The van der Waals surface area contributed by atoms with Gasteiger partial charge in [0.2, 0.25) is 5.95 Å². The van der Waals surface area contributed by atoms with E-state index in [0.717, 1.165) is 5.56 Å². The number of fused-ring (bicyclic) bond motifs is 1. The maximum absolute atomic E-state index is 13.6. The molecule has 31 heavy (non-hydrogen) atoms. The number of hydrogen-bond acceptors (Lipinski definition) is 9. The molecule has 0 bridgehead atoms. The Morgan fingerprint density at radius 1 is 1.13 bits per heavy atom. The molecule has 158 valence electrons. The molecule has 2 aromatic carbocycles. The number of tetrazole rings is 1. The van der Waals surface area contributed by atoms with Crippen LogP contribution in [0.1, 0.15) is 27.5 Å². The van der Waals surface area contributed by atoms with Crippen molar-refractivity contribution >= 4 is 17.7 Å². The number of nitrogens with one attached hydrogen (secondary N) is 1. The second kappa shape index (κ2) is 7.90. The van der Waals surface area contributed by atoms with Crippen molar-refractivity contribution in [3.8, 4) is 11.5 Å². The van der Waals surface area contributed by atoms with E-state index in [1.807, 2.05) is 19.1 Å². The zero-order valence-electron chi connectivity index (χ0n) is 17.0. The van der Waals surface area contributed by atoms with Crippen LogP contribution in [0, 0.1) is 6.92 Å². The van der Waals surface area contributed by atoms with Gasteiger partial charge < -0.3 is 19.9 Å². The van der Waals surface area contributed by atoms with Crippen LogP contribution in [0.4, 0.5) is 5.95 Å². The number of allylic oxidation sites excluding steroid dienone is 1. The van der Waals surface area contributed by atoms with Crippen LogP contribution in [0.2, 0.25) is 0 Å². The molecular weight excluding hydrogens is 402 g/mol. The first kappa shape index (κ1) is 20.1. The van der Waals surface area contributed by atoms with Gasteiger partial charge in [-0.05, 0) is 35.0 Å². The summed E-state index contributed by atoms with van der Waals surface area (Å²) in [5.41, 5.74) is 1.94. The second-order valence-electron chi connectivity index (χ2n) is 6.88. The van der Waals surface area contributed by atoms with Crippen molar-refractivity contribution in [2.45, 2.75) is 13.0 Å². The number of ketones is 1. The summed E-state index contributed by atoms with van der Waals surface area (Å²) in [6, 6.07) is 10.7. The standard InChI is InChI=1S/C21H19N5O5/c1-11-4-6-12(7-5-11)19(28)16-17(20(29)31-3)22-21-23-24-25-26(21)18(16)13-8-9-14(27)15(10-13)30-2/h4-10,18,27H,1-3H3,(H,22,23,25)/t18-/m1/s1. The molecule has 0 saturated heterocycles. The molecule has 1 aliphatic rings. The minimum atomic E-state index is -0.872. The van der Waals surface area contributed by atoms with Crippen molar-refractivity contribution in [1.29, 1.82) is 0 Å². The van der Waals surface area contributed by atoms with E-state index in [9.17, 15) is 14.7 Å². The largest absolute Gasteiger partial charge is 0.504 e. The van der Waals surface area contributed by atoms with Gasteiger partial charge in [0.05, 0.1) is 19.8 Å². The molecule has 2 heterocycles. The first-order valence-electron chi connectivity index (χ1n) is 9.30. The summed E-state index contributed by atoms with van der Waals surface area (Å²) in [7, 11) is 2.64. The third-order valence-corrected chi connectivity index (χ3v) is 4.98. The van der Waals surface area contributed by atoms with Gasteiger partial charge in [-0.15, -0.1) is 0 Å². The average molecular weight is 421 g/mol. The SMILES string of the molecule is COC(=O)C1=C(C(=O)c2ccc(C)cc2)[C@@H](c2ccc(O)c(OC)c2)n2nnnc2N1. The first-order chi connectivity index (χ1) is 14.9. The number of aromatic nitrogens is 4. The lowest BCUT2D eigenvalue weighted by atomic mass is 9.89. The van der Waals surface area contributed by atoms with Crippen molar-refractivity contribution in [3.05, 3.63) is 70.4 Å². The lowest BCUT2D eigenvalue weighted by Gasteiger charge is -2.28. The number of carbonyl (C=O) groups is 2. The quantitative estimate of drug-likeness (QED) is 0.469. The predicted octanol–water partition coefficient (Wildman–Crippen LogP) is 2.02. The van der Waals surface area contributed by atoms with Crippen molar-refractivity contribution in [3.63, 3.8) is 0 Å². The Morgan fingerprint density at radius 3 is 2.55 bits per heavy atom. The topological polar surface area (TPSA) is 128 Å². The zero-order valence-corrected chi connectivity index (χ0v) is 17.0. The van der Waals surface area contributed by atoms with E-state index in [-0.39, 0.29) is 28.7 Å². The fourth-order valence-corrected chi connectivity index (χ4v) is 3.42. The first-order valence-corrected chi connectivity index (χ1v) is 9.30. The second-order valence-corrected chi connectivity index (χ2v) is 6.88. The van der Waals surface area contributed by atoms with E-state index in [0.29, 0.717) is 11.1 Å². The summed E-state index contributed by atoms with van der Waals surface area (Å²) in [5, 5.41) is 24.4. The van der Waals surface area contributed by atoms with E-state index < -0.39 is 17.8 Å². The molecule has 3 aromatic rings. The van der Waals surface area contributed by atoms with Crippen LogP contribution in [-0.4, -0.2) is 51.3 Å². The van der Waals surface area contributed by atoms with Gasteiger partial charge in [-0.1, -0.05) is 41.0 Å². The molecule has 0 fully saturated rings. The van der Waals surface area contributed by atoms with Crippen LogP contribution in [0.3, 0.4) is 0 Å². The summed E-state index contributed by atoms with van der Waals surface area (Å²) in [6.45, 7) is 1.91. The highest BCUT2D eigenvalue weighted by Gasteiger charge is 2.38. The number of aryl methyl sites for hydroxylation is 1. The number of carbonyl (C=O) groups excluding carboxylic acids is 2. The molecule has 0 radical (unpaired) electrons. The van der Waals surface area contributed by atoms with Gasteiger partial charge >= 0.3 is 5.97 Å². The zero-order chi connectivity index (χ0) is 22.1. The molecule has 1 aliphatic heterocycles. The number of benzene rings is 2. The van der Waals surface area contributed by atoms with E-state index in [4.69, 9.17) is 9.47 Å². The molecule has 0 unspecified atom stereocenters. The number of ether oxygens (including phenoxy) is 2. The molecular formula is C21H19N5O5. The number of rotatable bonds is 5. The number of hydrogen-bond donors (Lipinski definition) is 2. The van der Waals surface area contributed by atoms with Crippen molar-refractivity contribution in [2.75, 3.05) is 19.5 Å². The summed E-state index contributed by atoms with van der Waals surface area (Å²) >= 11 is 0. The number of nitrogens with zero attached hydrogens (tertiary/aromatic N) is 4. The number of aromatic hydroxyl groups is 1. The van der Waals surface area contributed by atoms with Crippen LogP contribution in [0.15, 0.2) is 53.7 Å². The molecule has 2 N–H and O–H groups in total. The normalized spacial score (nSPS) is 15.1. The Kier molecular flexibility index (Phi) is 5.12. The van der Waals surface area contributed by atoms with Gasteiger partial charge in [-0.3, -0.25) is 4.79 Å². The fraction of sp³-hybridized carbons (Fsp3) is 0.190. The van der Waals surface area contributed by atoms with E-state index in [1.165, 1.54) is 25.0 Å². The highest BCUT2D eigenvalue weighted by molar-refractivity contribution is 6.14. The highest BCUT2D eigenvalue weighted by atomic mass is 16.5. The third-order valence-electron chi connectivity index (χ3n) is 4.98. The minimum Gasteiger partial charge on any atom is -0.504 e. The maximum Gasteiger partial charge on any atom is 0.355 e. The number of Topliss-reactive ketones (excluding diaryl/α,β-unsaturated/α-hetero) is 1. The molecule has 1 atom stereocenters. The van der Waals surface area contributed by atoms with E-state index in [1.54, 1.807) is 24.3 Å². The number of methoxy groups -OCH3 is 2. The molecule has 10 heteroatoms. The van der Waals surface area contributed by atoms with Gasteiger partial charge in [0.1, 0.15) is 11.7 Å². The van der Waals surface area contributed by atoms with Crippen molar-refractivity contribution < 1.29 is 24.2 Å². The number of phenolic OH excluding ortho intramolecular Hbond substituents is 1. The lowest BCUT2D eigenvalue weighted by Crippen LogP contribution is -2.33. The summed E-state index contributed by atoms with van der Waals surface area (Å²) < 4.78 is 11.5. The van der Waals surface area contributed by atoms with Gasteiger partial charge in [0.15, 0.2) is 17.3 Å². The fourth-order valence-electron chi connectivity index (χ4n) is 3.42. The highest BCUT2D eigenvalue weighted by Crippen LogP contribution is 2.39. The number of esters is 1. The van der Waals surface area contributed by atoms with Gasteiger partial charge in [0, 0.05) is 5.56 Å². The van der Waals surface area contributed by atoms with Crippen molar-refractivity contribution in [2.24, 2.45) is 0 Å². The predicted molar refractivity (Wildman–Crippen MR) is 109 cm³/mol. The molecule has 0 amide bonds. The smallest absolute Gasteiger partial charge is 0.355 e. The average Bonchev–Trinajstić information content (AvgIpc) is 3.26. The minimum absolute atomic E-state index is 0.0626. The van der Waals surface area contributed by atoms with E-state index in [2.05, 4.69) is 20.8 Å². The van der Waals surface area contributed by atoms with Gasteiger partial charge in [0.25, 0.3) is 0 Å². The Morgan fingerprint density at radius 2 is 1.87 bits per heavy atom. The van der Waals surface area contributed by atoms with Crippen LogP contribution in [-0.2, 0) is 9.53 Å². The van der Waals surface area contributed by atoms with Crippen LogP contribution >= 0.6 is 0 Å². The molecule has 1 aromatic heterocycles. The monoisotopic (exact) mass is 421 g/mol. The van der Waals surface area contributed by atoms with Gasteiger partial charge in [-0.25, -0.2) is 4.79 Å². The van der Waals surface area contributed by atoms with Crippen LogP contribution < -0.4 is 10.1 Å². The Bertz CT molecular complexity index is 1200. The molecule has 10 nitrogen and oxygen atoms in total. The molecule has 0 saturated carbocycles.